The molecule has 0 aliphatic carbocycles. The Labute approximate surface area is 124 Å². The Morgan fingerprint density at radius 3 is 2.45 bits per heavy atom. The molecule has 1 aromatic heterocycles. The molecule has 1 aromatic carbocycles. The number of rotatable bonds is 4. The zero-order valence-corrected chi connectivity index (χ0v) is 12.8. The van der Waals surface area contributed by atoms with Crippen LogP contribution in [-0.2, 0) is 10.0 Å². The van der Waals surface area contributed by atoms with Crippen LogP contribution in [0.15, 0.2) is 46.0 Å². The second-order valence-electron chi connectivity index (χ2n) is 4.10. The number of carbonyl (C=O) groups is 1. The number of nitrogens with zero attached hydrogens (tertiary/aromatic N) is 1. The van der Waals surface area contributed by atoms with Crippen LogP contribution in [0, 0.1) is 6.92 Å². The van der Waals surface area contributed by atoms with E-state index in [1.54, 1.807) is 19.1 Å². The van der Waals surface area contributed by atoms with Gasteiger partial charge in [-0.3, -0.25) is 4.68 Å². The van der Waals surface area contributed by atoms with Gasteiger partial charge in [0.05, 0.1) is 5.56 Å². The average molecular weight is 359 g/mol. The summed E-state index contributed by atoms with van der Waals surface area (Å²) < 4.78 is 26.2. The largest absolute Gasteiger partial charge is 0.478 e. The number of halogens is 1. The summed E-state index contributed by atoms with van der Waals surface area (Å²) in [6, 6.07) is 5.85. The Bertz CT molecular complexity index is 754. The second-order valence-corrected chi connectivity index (χ2v) is 6.52. The third kappa shape index (κ3) is 2.86. The van der Waals surface area contributed by atoms with Crippen LogP contribution in [0.25, 0.3) is 0 Å². The molecule has 0 aliphatic heterocycles. The Morgan fingerprint density at radius 1 is 1.30 bits per heavy atom. The highest BCUT2D eigenvalue weighted by molar-refractivity contribution is 9.10. The van der Waals surface area contributed by atoms with Crippen molar-refractivity contribution in [2.75, 3.05) is 4.83 Å². The van der Waals surface area contributed by atoms with Crippen LogP contribution in [0.5, 0.6) is 0 Å². The lowest BCUT2D eigenvalue weighted by Crippen LogP contribution is -2.22. The van der Waals surface area contributed by atoms with E-state index in [0.29, 0.717) is 10.0 Å². The molecule has 2 N–H and O–H groups in total. The van der Waals surface area contributed by atoms with Gasteiger partial charge in [0.25, 0.3) is 10.0 Å². The van der Waals surface area contributed by atoms with Gasteiger partial charge in [-0.25, -0.2) is 9.63 Å². The fourth-order valence-electron chi connectivity index (χ4n) is 1.64. The summed E-state index contributed by atoms with van der Waals surface area (Å²) in [7, 11) is -3.89. The van der Waals surface area contributed by atoms with Crippen molar-refractivity contribution in [3.8, 4) is 0 Å². The zero-order chi connectivity index (χ0) is 14.9. The highest BCUT2D eigenvalue weighted by Crippen LogP contribution is 2.27. The van der Waals surface area contributed by atoms with Crippen molar-refractivity contribution in [2.24, 2.45) is 0 Å². The van der Waals surface area contributed by atoms with Crippen LogP contribution < -0.4 is 4.83 Å². The SMILES string of the molecule is Cc1cc(C(=O)O)cc(S(=O)(=O)Nn2cccc2)c1Br. The van der Waals surface area contributed by atoms with Crippen LogP contribution in [-0.4, -0.2) is 24.2 Å². The van der Waals surface area contributed by atoms with Crippen LogP contribution in [0.1, 0.15) is 15.9 Å². The number of aromatic carboxylic acids is 1. The number of carboxylic acids is 1. The quantitative estimate of drug-likeness (QED) is 0.876. The van der Waals surface area contributed by atoms with E-state index in [2.05, 4.69) is 20.8 Å². The molecule has 0 atom stereocenters. The molecule has 0 bridgehead atoms. The molecule has 0 unspecified atom stereocenters. The molecule has 0 aliphatic rings. The van der Waals surface area contributed by atoms with Gasteiger partial charge in [0.15, 0.2) is 0 Å². The molecule has 0 amide bonds. The summed E-state index contributed by atoms with van der Waals surface area (Å²) in [5, 5.41) is 9.01. The van der Waals surface area contributed by atoms with Crippen LogP contribution in [0.4, 0.5) is 0 Å². The number of sulfonamides is 1. The standard InChI is InChI=1S/C12H11BrN2O4S/c1-8-6-9(12(16)17)7-10(11(8)13)20(18,19)14-15-4-2-3-5-15/h2-7,14H,1H3,(H,16,17). The molecule has 8 heteroatoms. The van der Waals surface area contributed by atoms with Gasteiger partial charge >= 0.3 is 5.97 Å². The van der Waals surface area contributed by atoms with Crippen LogP contribution in [0.3, 0.4) is 0 Å². The molecule has 0 saturated carbocycles. The van der Waals surface area contributed by atoms with E-state index in [1.807, 2.05) is 0 Å². The van der Waals surface area contributed by atoms with E-state index in [9.17, 15) is 13.2 Å². The normalized spacial score (nSPS) is 11.3. The van der Waals surface area contributed by atoms with Crippen molar-refractivity contribution in [1.82, 2.24) is 4.68 Å². The number of aromatic nitrogens is 1. The van der Waals surface area contributed by atoms with Crippen molar-refractivity contribution in [3.63, 3.8) is 0 Å². The lowest BCUT2D eigenvalue weighted by molar-refractivity contribution is 0.0696. The van der Waals surface area contributed by atoms with E-state index in [-0.39, 0.29) is 10.5 Å². The van der Waals surface area contributed by atoms with E-state index >= 15 is 0 Å². The number of carboxylic acid groups (broad SMARTS) is 1. The van der Waals surface area contributed by atoms with Crippen molar-refractivity contribution in [2.45, 2.75) is 11.8 Å². The zero-order valence-electron chi connectivity index (χ0n) is 10.4. The molecule has 2 aromatic rings. The summed E-state index contributed by atoms with van der Waals surface area (Å²) in [5.41, 5.74) is 0.441. The second kappa shape index (κ2) is 5.29. The first-order chi connectivity index (χ1) is 9.31. The first kappa shape index (κ1) is 14.6. The maximum atomic E-state index is 12.3. The predicted octanol–water partition coefficient (Wildman–Crippen LogP) is 2.19. The molecule has 6 nitrogen and oxygen atoms in total. The summed E-state index contributed by atoms with van der Waals surface area (Å²) in [5.74, 6) is -1.18. The number of hydrogen-bond donors (Lipinski definition) is 2. The minimum atomic E-state index is -3.89. The minimum Gasteiger partial charge on any atom is -0.478 e. The van der Waals surface area contributed by atoms with Gasteiger partial charge in [-0.05, 0) is 52.7 Å². The van der Waals surface area contributed by atoms with Gasteiger partial charge in [0.2, 0.25) is 0 Å². The molecule has 2 rings (SSSR count). The predicted molar refractivity (Wildman–Crippen MR) is 76.8 cm³/mol. The summed E-state index contributed by atoms with van der Waals surface area (Å²) >= 11 is 3.18. The topological polar surface area (TPSA) is 88.4 Å². The van der Waals surface area contributed by atoms with Gasteiger partial charge in [-0.1, -0.05) is 0 Å². The van der Waals surface area contributed by atoms with Gasteiger partial charge in [0, 0.05) is 16.9 Å². The maximum absolute atomic E-state index is 12.3. The fraction of sp³-hybridized carbons (Fsp3) is 0.0833. The van der Waals surface area contributed by atoms with Crippen molar-refractivity contribution in [3.05, 3.63) is 52.3 Å². The maximum Gasteiger partial charge on any atom is 0.335 e. The first-order valence-corrected chi connectivity index (χ1v) is 7.78. The lowest BCUT2D eigenvalue weighted by atomic mass is 10.1. The van der Waals surface area contributed by atoms with Gasteiger partial charge in [-0.15, -0.1) is 0 Å². The van der Waals surface area contributed by atoms with Gasteiger partial charge in [0.1, 0.15) is 4.90 Å². The number of nitrogens with one attached hydrogen (secondary N) is 1. The summed E-state index contributed by atoms with van der Waals surface area (Å²) in [4.78, 5) is 13.2. The Morgan fingerprint density at radius 2 is 1.90 bits per heavy atom. The molecular weight excluding hydrogens is 348 g/mol. The summed E-state index contributed by atoms with van der Waals surface area (Å²) in [6.07, 6.45) is 3.05. The molecular formula is C12H11BrN2O4S. The summed E-state index contributed by atoms with van der Waals surface area (Å²) in [6.45, 7) is 1.63. The van der Waals surface area contributed by atoms with Crippen molar-refractivity contribution < 1.29 is 18.3 Å². The molecule has 0 saturated heterocycles. The molecule has 0 radical (unpaired) electrons. The molecule has 20 heavy (non-hydrogen) atoms. The monoisotopic (exact) mass is 358 g/mol. The van der Waals surface area contributed by atoms with E-state index in [0.717, 1.165) is 6.07 Å². The van der Waals surface area contributed by atoms with Gasteiger partial charge in [-0.2, -0.15) is 8.42 Å². The van der Waals surface area contributed by atoms with Crippen LogP contribution >= 0.6 is 15.9 Å². The Kier molecular flexibility index (Phi) is 3.87. The minimum absolute atomic E-state index is 0.0846. The van der Waals surface area contributed by atoms with E-state index in [1.165, 1.54) is 23.1 Å². The smallest absolute Gasteiger partial charge is 0.335 e. The van der Waals surface area contributed by atoms with E-state index < -0.39 is 16.0 Å². The van der Waals surface area contributed by atoms with Crippen molar-refractivity contribution >= 4 is 31.9 Å². The average Bonchev–Trinajstić information content (AvgIpc) is 2.83. The first-order valence-electron chi connectivity index (χ1n) is 5.50. The third-order valence-electron chi connectivity index (χ3n) is 2.59. The third-order valence-corrected chi connectivity index (χ3v) is 5.25. The molecule has 0 spiro atoms. The molecule has 0 fully saturated rings. The van der Waals surface area contributed by atoms with E-state index in [4.69, 9.17) is 5.11 Å². The lowest BCUT2D eigenvalue weighted by Gasteiger charge is -2.12. The van der Waals surface area contributed by atoms with Crippen molar-refractivity contribution in [1.29, 1.82) is 0 Å². The van der Waals surface area contributed by atoms with Gasteiger partial charge < -0.3 is 5.11 Å². The number of aryl methyl sites for hydroxylation is 1. The van der Waals surface area contributed by atoms with Crippen LogP contribution in [0.2, 0.25) is 0 Å². The number of benzene rings is 1. The highest BCUT2D eigenvalue weighted by Gasteiger charge is 2.21. The fourth-order valence-corrected chi connectivity index (χ4v) is 3.68. The Balaban J connectivity index is 2.53. The molecule has 106 valence electrons. The molecule has 1 heterocycles. The number of hydrogen-bond acceptors (Lipinski definition) is 3. The highest BCUT2D eigenvalue weighted by atomic mass is 79.9. The Hall–Kier alpha value is -1.80.